The zero-order valence-corrected chi connectivity index (χ0v) is 15.5. The number of halogens is 5. The lowest BCUT2D eigenvalue weighted by molar-refractivity contribution is -0.140. The number of hydrogen-bond donors (Lipinski definition) is 2. The predicted molar refractivity (Wildman–Crippen MR) is 97.6 cm³/mol. The number of rotatable bonds is 2. The Kier molecular flexibility index (Phi) is 5.53. The van der Waals surface area contributed by atoms with Crippen molar-refractivity contribution in [3.8, 4) is 16.9 Å². The minimum absolute atomic E-state index is 0.0195. The molecule has 1 aromatic heterocycles. The van der Waals surface area contributed by atoms with Crippen molar-refractivity contribution in [1.82, 2.24) is 15.0 Å². The third kappa shape index (κ3) is 4.20. The van der Waals surface area contributed by atoms with Gasteiger partial charge in [0.25, 0.3) is 0 Å². The molecule has 1 atom stereocenters. The van der Waals surface area contributed by atoms with Gasteiger partial charge < -0.3 is 10.5 Å². The minimum Gasteiger partial charge on any atom is -0.434 e. The van der Waals surface area contributed by atoms with E-state index in [0.717, 1.165) is 11.1 Å². The molecule has 2 aromatic rings. The summed E-state index contributed by atoms with van der Waals surface area (Å²) >= 11 is 5.61. The topological polar surface area (TPSA) is 100 Å². The van der Waals surface area contributed by atoms with Gasteiger partial charge in [-0.15, -0.1) is 5.10 Å². The van der Waals surface area contributed by atoms with Crippen LogP contribution >= 0.6 is 11.6 Å². The second-order valence-electron chi connectivity index (χ2n) is 5.91. The molecule has 0 spiro atoms. The molecule has 0 aliphatic carbocycles. The van der Waals surface area contributed by atoms with Gasteiger partial charge in [-0.3, -0.25) is 5.41 Å². The van der Waals surface area contributed by atoms with Crippen molar-refractivity contribution < 1.29 is 22.3 Å². The van der Waals surface area contributed by atoms with Crippen molar-refractivity contribution in [3.05, 3.63) is 53.9 Å². The molecule has 0 saturated carbocycles. The van der Waals surface area contributed by atoms with Crippen molar-refractivity contribution in [2.24, 2.45) is 10.8 Å². The highest BCUT2D eigenvalue weighted by Crippen LogP contribution is 2.40. The number of hydrogen-bond acceptors (Lipinski definition) is 6. The average Bonchev–Trinajstić information content (AvgIpc) is 2.64. The SMILES string of the molecule is CC1=CC(N)N(C(=N)Cl)N=C1Oc1c(-c2cncnc2)ccc(C(F)(F)F)c1F. The molecule has 1 aromatic carbocycles. The van der Waals surface area contributed by atoms with Crippen LogP contribution in [0.15, 0.2) is 47.6 Å². The summed E-state index contributed by atoms with van der Waals surface area (Å²) in [5, 5.41) is 11.7. The smallest absolute Gasteiger partial charge is 0.419 e. The van der Waals surface area contributed by atoms with E-state index in [9.17, 15) is 17.6 Å². The van der Waals surface area contributed by atoms with Crippen LogP contribution in [-0.4, -0.2) is 32.3 Å². The van der Waals surface area contributed by atoms with Crippen LogP contribution in [0.1, 0.15) is 12.5 Å². The lowest BCUT2D eigenvalue weighted by Crippen LogP contribution is -2.43. The molecule has 1 aliphatic heterocycles. The number of nitrogens with two attached hydrogens (primary N) is 1. The molecule has 1 unspecified atom stereocenters. The molecule has 3 N–H and O–H groups in total. The van der Waals surface area contributed by atoms with Gasteiger partial charge in [0.05, 0.1) is 5.56 Å². The van der Waals surface area contributed by atoms with Crippen LogP contribution in [0, 0.1) is 11.2 Å². The Hall–Kier alpha value is -3.05. The molecule has 0 saturated heterocycles. The lowest BCUT2D eigenvalue weighted by Gasteiger charge is -2.27. The van der Waals surface area contributed by atoms with Gasteiger partial charge in [0.15, 0.2) is 11.6 Å². The normalized spacial score (nSPS) is 16.9. The Morgan fingerprint density at radius 1 is 1.28 bits per heavy atom. The summed E-state index contributed by atoms with van der Waals surface area (Å²) < 4.78 is 59.9. The number of nitrogens with one attached hydrogen (secondary N) is 1. The van der Waals surface area contributed by atoms with Gasteiger partial charge >= 0.3 is 6.18 Å². The molecule has 3 rings (SSSR count). The van der Waals surface area contributed by atoms with Crippen molar-refractivity contribution in [3.63, 3.8) is 0 Å². The van der Waals surface area contributed by atoms with E-state index in [1.165, 1.54) is 31.7 Å². The maximum absolute atomic E-state index is 14.9. The minimum atomic E-state index is -4.94. The summed E-state index contributed by atoms with van der Waals surface area (Å²) in [6, 6.07) is 1.65. The molecule has 0 bridgehead atoms. The first kappa shape index (κ1) is 20.7. The Bertz CT molecular complexity index is 1010. The Morgan fingerprint density at radius 2 is 1.93 bits per heavy atom. The van der Waals surface area contributed by atoms with Gasteiger partial charge in [0.2, 0.25) is 11.2 Å². The number of alkyl halides is 3. The largest absolute Gasteiger partial charge is 0.434 e. The van der Waals surface area contributed by atoms with E-state index in [1.807, 2.05) is 0 Å². The fourth-order valence-corrected chi connectivity index (χ4v) is 2.70. The zero-order valence-electron chi connectivity index (χ0n) is 14.7. The molecule has 7 nitrogen and oxygen atoms in total. The molecule has 0 amide bonds. The predicted octanol–water partition coefficient (Wildman–Crippen LogP) is 3.71. The standard InChI is InChI=1S/C17H13ClF4N6O/c1-8-4-12(23)28(16(18)24)27-15(8)29-14-10(9-5-25-7-26-6-9)2-3-11(13(14)19)17(20,21)22/h2-7,12,24H,23H2,1H3. The van der Waals surface area contributed by atoms with Gasteiger partial charge in [-0.05, 0) is 36.7 Å². The summed E-state index contributed by atoms with van der Waals surface area (Å²) in [5.74, 6) is -2.62. The first-order valence-electron chi connectivity index (χ1n) is 7.98. The van der Waals surface area contributed by atoms with Crippen molar-refractivity contribution in [2.75, 3.05) is 0 Å². The maximum Gasteiger partial charge on any atom is 0.419 e. The van der Waals surface area contributed by atoms with E-state index in [0.29, 0.717) is 11.6 Å². The van der Waals surface area contributed by atoms with Crippen LogP contribution < -0.4 is 10.5 Å². The van der Waals surface area contributed by atoms with Crippen LogP contribution in [0.3, 0.4) is 0 Å². The van der Waals surface area contributed by atoms with Crippen molar-refractivity contribution in [1.29, 1.82) is 5.41 Å². The molecule has 12 heteroatoms. The van der Waals surface area contributed by atoms with E-state index in [4.69, 9.17) is 27.5 Å². The highest BCUT2D eigenvalue weighted by atomic mass is 35.5. The highest BCUT2D eigenvalue weighted by Gasteiger charge is 2.37. The van der Waals surface area contributed by atoms with Crippen LogP contribution in [0.4, 0.5) is 17.6 Å². The fraction of sp³-hybridized carbons (Fsp3) is 0.176. The van der Waals surface area contributed by atoms with Crippen LogP contribution in [0.5, 0.6) is 5.75 Å². The highest BCUT2D eigenvalue weighted by molar-refractivity contribution is 6.63. The maximum atomic E-state index is 14.9. The van der Waals surface area contributed by atoms with Gasteiger partial charge in [-0.1, -0.05) is 0 Å². The van der Waals surface area contributed by atoms with Crippen molar-refractivity contribution >= 4 is 22.8 Å². The summed E-state index contributed by atoms with van der Waals surface area (Å²) in [5.41, 5.74) is 4.80. The van der Waals surface area contributed by atoms with Crippen LogP contribution in [-0.2, 0) is 6.18 Å². The fourth-order valence-electron chi connectivity index (χ4n) is 2.55. The molecule has 152 valence electrons. The second kappa shape index (κ2) is 7.76. The molecule has 0 radical (unpaired) electrons. The Balaban J connectivity index is 2.15. The Morgan fingerprint density at radius 3 is 2.52 bits per heavy atom. The van der Waals surface area contributed by atoms with Gasteiger partial charge in [0, 0.05) is 29.1 Å². The number of hydrazone groups is 1. The van der Waals surface area contributed by atoms with Crippen LogP contribution in [0.25, 0.3) is 11.1 Å². The van der Waals surface area contributed by atoms with E-state index >= 15 is 0 Å². The number of aromatic nitrogens is 2. The van der Waals surface area contributed by atoms with Gasteiger partial charge in [0.1, 0.15) is 12.5 Å². The first-order valence-corrected chi connectivity index (χ1v) is 8.36. The lowest BCUT2D eigenvalue weighted by atomic mass is 10.0. The van der Waals surface area contributed by atoms with E-state index in [-0.39, 0.29) is 17.0 Å². The van der Waals surface area contributed by atoms with Crippen LogP contribution in [0.2, 0.25) is 0 Å². The van der Waals surface area contributed by atoms with E-state index in [2.05, 4.69) is 15.1 Å². The molecular weight excluding hydrogens is 416 g/mol. The quantitative estimate of drug-likeness (QED) is 0.328. The summed E-state index contributed by atoms with van der Waals surface area (Å²) in [6.07, 6.45) is -0.613. The summed E-state index contributed by atoms with van der Waals surface area (Å²) in [4.78, 5) is 7.57. The molecule has 2 heterocycles. The Labute approximate surface area is 167 Å². The second-order valence-corrected chi connectivity index (χ2v) is 6.27. The molecule has 0 fully saturated rings. The van der Waals surface area contributed by atoms with Gasteiger partial charge in [-0.2, -0.15) is 13.2 Å². The number of benzene rings is 1. The molecule has 1 aliphatic rings. The third-order valence-electron chi connectivity index (χ3n) is 3.91. The first-order chi connectivity index (χ1) is 13.6. The average molecular weight is 429 g/mol. The third-order valence-corrected chi connectivity index (χ3v) is 4.09. The van der Waals surface area contributed by atoms with Crippen molar-refractivity contribution in [2.45, 2.75) is 19.3 Å². The summed E-state index contributed by atoms with van der Waals surface area (Å²) in [6.45, 7) is 1.52. The number of ether oxygens (including phenoxy) is 1. The zero-order chi connectivity index (χ0) is 21.3. The monoisotopic (exact) mass is 428 g/mol. The summed E-state index contributed by atoms with van der Waals surface area (Å²) in [7, 11) is 0. The van der Waals surface area contributed by atoms with E-state index < -0.39 is 34.8 Å². The van der Waals surface area contributed by atoms with E-state index in [1.54, 1.807) is 0 Å². The molecular formula is C17H13ClF4N6O. The number of nitrogens with zero attached hydrogens (tertiary/aromatic N) is 4. The molecule has 29 heavy (non-hydrogen) atoms. The van der Waals surface area contributed by atoms with Gasteiger partial charge in [-0.25, -0.2) is 19.4 Å². The number of amidine groups is 1.